The summed E-state index contributed by atoms with van der Waals surface area (Å²) in [6.07, 6.45) is 11.3. The first-order valence-corrected chi connectivity index (χ1v) is 15.4. The number of amides is 1. The normalized spacial score (nSPS) is 17.4. The van der Waals surface area contributed by atoms with Gasteiger partial charge < -0.3 is 19.3 Å². The molecule has 232 valence electrons. The van der Waals surface area contributed by atoms with E-state index in [1.165, 1.54) is 30.5 Å². The molecule has 1 N–H and O–H groups in total. The van der Waals surface area contributed by atoms with E-state index in [1.807, 2.05) is 16.7 Å². The summed E-state index contributed by atoms with van der Waals surface area (Å²) in [4.78, 5) is 30.7. The SMILES string of the molecule is C#Cc1c(F)ccc2cc(O)cc(-c3ncc4c(-c5ccc6n5CC(=O)N(C)C6)nc(OCC56CCCN5CCC6)nc4c3F)c12. The molecule has 2 fully saturated rings. The number of ether oxygens (including phenoxy) is 1. The zero-order valence-corrected chi connectivity index (χ0v) is 25.2. The first-order chi connectivity index (χ1) is 22.3. The van der Waals surface area contributed by atoms with Crippen molar-refractivity contribution in [3.63, 3.8) is 0 Å². The molecule has 3 aromatic heterocycles. The summed E-state index contributed by atoms with van der Waals surface area (Å²) in [5, 5.41) is 11.5. The van der Waals surface area contributed by atoms with Gasteiger partial charge in [-0.05, 0) is 74.5 Å². The molecule has 11 heteroatoms. The number of benzene rings is 2. The molecule has 0 unspecified atom stereocenters. The molecule has 0 atom stereocenters. The lowest BCUT2D eigenvalue weighted by Gasteiger charge is -2.31. The maximum Gasteiger partial charge on any atom is 0.317 e. The Labute approximate surface area is 263 Å². The standard InChI is InChI=1S/C35H30F2N6O3/c1-3-23-26(36)8-6-20-14-22(44)15-24(29(20)23)32-30(37)33-25(16-38-32)31(27-9-7-21-17-41(2)28(45)18-43(21)27)39-34(40-33)46-19-35-10-4-12-42(35)13-5-11-35/h1,6-9,14-16,44H,4-5,10-13,17-19H2,2H3. The summed E-state index contributed by atoms with van der Waals surface area (Å²) < 4.78 is 39.9. The largest absolute Gasteiger partial charge is 0.508 e. The fourth-order valence-electron chi connectivity index (χ4n) is 7.53. The van der Waals surface area contributed by atoms with E-state index in [2.05, 4.69) is 20.8 Å². The number of aromatic nitrogens is 4. The highest BCUT2D eigenvalue weighted by Crippen LogP contribution is 2.41. The number of carbonyl (C=O) groups excluding carboxylic acids is 1. The van der Waals surface area contributed by atoms with Crippen molar-refractivity contribution in [2.45, 2.75) is 44.3 Å². The van der Waals surface area contributed by atoms with Crippen LogP contribution in [0.1, 0.15) is 36.9 Å². The van der Waals surface area contributed by atoms with Crippen LogP contribution < -0.4 is 4.74 Å². The smallest absolute Gasteiger partial charge is 0.317 e. The van der Waals surface area contributed by atoms with Crippen LogP contribution in [0.3, 0.4) is 0 Å². The number of likely N-dealkylation sites (N-methyl/N-ethyl adjacent to an activating group) is 1. The Balaban J connectivity index is 1.33. The Morgan fingerprint density at radius 3 is 2.65 bits per heavy atom. The molecule has 0 saturated carbocycles. The van der Waals surface area contributed by atoms with Crippen molar-refractivity contribution in [2.24, 2.45) is 0 Å². The lowest BCUT2D eigenvalue weighted by atomic mass is 9.95. The van der Waals surface area contributed by atoms with E-state index in [9.17, 15) is 14.3 Å². The number of carbonyl (C=O) groups is 1. The molecule has 0 bridgehead atoms. The highest BCUT2D eigenvalue weighted by molar-refractivity contribution is 6.03. The number of hydrogen-bond donors (Lipinski definition) is 1. The van der Waals surface area contributed by atoms with Crippen molar-refractivity contribution in [2.75, 3.05) is 26.7 Å². The van der Waals surface area contributed by atoms with Crippen LogP contribution in [-0.4, -0.2) is 72.6 Å². The Morgan fingerprint density at radius 2 is 1.87 bits per heavy atom. The van der Waals surface area contributed by atoms with Gasteiger partial charge in [-0.25, -0.2) is 8.78 Å². The van der Waals surface area contributed by atoms with Crippen LogP contribution in [0.4, 0.5) is 8.78 Å². The van der Waals surface area contributed by atoms with Gasteiger partial charge in [-0.3, -0.25) is 14.7 Å². The third-order valence-electron chi connectivity index (χ3n) is 9.83. The molecule has 8 rings (SSSR count). The van der Waals surface area contributed by atoms with E-state index in [-0.39, 0.29) is 57.5 Å². The van der Waals surface area contributed by atoms with Crippen LogP contribution in [0.15, 0.2) is 42.6 Å². The molecule has 3 aliphatic rings. The fraction of sp³-hybridized carbons (Fsp3) is 0.314. The summed E-state index contributed by atoms with van der Waals surface area (Å²) in [7, 11) is 1.75. The molecule has 0 aliphatic carbocycles. The Kier molecular flexibility index (Phi) is 6.48. The van der Waals surface area contributed by atoms with E-state index >= 15 is 4.39 Å². The topological polar surface area (TPSA) is 96.6 Å². The van der Waals surface area contributed by atoms with Crippen molar-refractivity contribution in [3.05, 3.63) is 65.5 Å². The average molecular weight is 621 g/mol. The number of rotatable bonds is 5. The third kappa shape index (κ3) is 4.31. The summed E-state index contributed by atoms with van der Waals surface area (Å²) >= 11 is 0. The number of hydrogen-bond acceptors (Lipinski definition) is 7. The first-order valence-electron chi connectivity index (χ1n) is 15.4. The molecule has 6 heterocycles. The Morgan fingerprint density at radius 1 is 1.07 bits per heavy atom. The van der Waals surface area contributed by atoms with E-state index in [0.29, 0.717) is 35.3 Å². The van der Waals surface area contributed by atoms with E-state index in [4.69, 9.17) is 16.1 Å². The van der Waals surface area contributed by atoms with Crippen LogP contribution >= 0.6 is 0 Å². The van der Waals surface area contributed by atoms with Gasteiger partial charge >= 0.3 is 6.01 Å². The maximum atomic E-state index is 16.8. The van der Waals surface area contributed by atoms with Crippen molar-refractivity contribution < 1.29 is 23.4 Å². The minimum absolute atomic E-state index is 0.0117. The molecule has 0 spiro atoms. The Bertz CT molecular complexity index is 2130. The predicted molar refractivity (Wildman–Crippen MR) is 168 cm³/mol. The zero-order chi connectivity index (χ0) is 31.7. The predicted octanol–water partition coefficient (Wildman–Crippen LogP) is 5.26. The number of nitrogens with zero attached hydrogens (tertiary/aromatic N) is 6. The summed E-state index contributed by atoms with van der Waals surface area (Å²) in [5.41, 5.74) is 1.67. The number of aromatic hydroxyl groups is 1. The van der Waals surface area contributed by atoms with Crippen LogP contribution in [-0.2, 0) is 17.9 Å². The molecule has 3 aliphatic heterocycles. The second-order valence-electron chi connectivity index (χ2n) is 12.4. The van der Waals surface area contributed by atoms with E-state index < -0.39 is 11.6 Å². The molecule has 2 aromatic carbocycles. The quantitative estimate of drug-likeness (QED) is 0.268. The van der Waals surface area contributed by atoms with Crippen LogP contribution in [0.5, 0.6) is 11.8 Å². The number of pyridine rings is 1. The van der Waals surface area contributed by atoms with Gasteiger partial charge in [0.1, 0.15) is 41.6 Å². The molecule has 0 radical (unpaired) electrons. The zero-order valence-electron chi connectivity index (χ0n) is 25.2. The minimum Gasteiger partial charge on any atom is -0.508 e. The molecule has 46 heavy (non-hydrogen) atoms. The lowest BCUT2D eigenvalue weighted by molar-refractivity contribution is -0.132. The number of phenolic OH excluding ortho intramolecular Hbond substituents is 1. The minimum atomic E-state index is -0.798. The van der Waals surface area contributed by atoms with Gasteiger partial charge in [-0.15, -0.1) is 6.42 Å². The van der Waals surface area contributed by atoms with Crippen molar-refractivity contribution in [3.8, 4) is 46.7 Å². The maximum absolute atomic E-state index is 16.8. The van der Waals surface area contributed by atoms with Crippen molar-refractivity contribution in [1.82, 2.24) is 29.3 Å². The highest BCUT2D eigenvalue weighted by Gasteiger charge is 2.45. The van der Waals surface area contributed by atoms with E-state index in [0.717, 1.165) is 44.5 Å². The van der Waals surface area contributed by atoms with Crippen molar-refractivity contribution in [1.29, 1.82) is 0 Å². The van der Waals surface area contributed by atoms with Gasteiger partial charge in [0.2, 0.25) is 5.91 Å². The third-order valence-corrected chi connectivity index (χ3v) is 9.83. The van der Waals surface area contributed by atoms with Crippen LogP contribution in [0.2, 0.25) is 0 Å². The molecular weight excluding hydrogens is 590 g/mol. The summed E-state index contributed by atoms with van der Waals surface area (Å²) in [5.74, 6) is 0.714. The van der Waals surface area contributed by atoms with Gasteiger partial charge in [-0.1, -0.05) is 12.0 Å². The van der Waals surface area contributed by atoms with Gasteiger partial charge in [0, 0.05) is 35.3 Å². The Hall–Kier alpha value is -5.08. The monoisotopic (exact) mass is 620 g/mol. The number of fused-ring (bicyclic) bond motifs is 4. The second kappa shape index (κ2) is 10.5. The molecule has 1 amide bonds. The summed E-state index contributed by atoms with van der Waals surface area (Å²) in [6, 6.07) is 9.24. The van der Waals surface area contributed by atoms with Crippen LogP contribution in [0, 0.1) is 24.0 Å². The number of halogens is 2. The van der Waals surface area contributed by atoms with Crippen molar-refractivity contribution >= 4 is 27.6 Å². The lowest BCUT2D eigenvalue weighted by Crippen LogP contribution is -2.43. The number of terminal acetylenes is 1. The van der Waals surface area contributed by atoms with Gasteiger partial charge in [-0.2, -0.15) is 9.97 Å². The van der Waals surface area contributed by atoms with Crippen LogP contribution in [0.25, 0.3) is 44.3 Å². The van der Waals surface area contributed by atoms with Gasteiger partial charge in [0.15, 0.2) is 5.82 Å². The number of phenols is 1. The molecule has 5 aromatic rings. The fourth-order valence-corrected chi connectivity index (χ4v) is 7.53. The molecule has 9 nitrogen and oxygen atoms in total. The van der Waals surface area contributed by atoms with E-state index in [1.54, 1.807) is 11.9 Å². The average Bonchev–Trinajstić information content (AvgIpc) is 3.75. The molecule has 2 saturated heterocycles. The highest BCUT2D eigenvalue weighted by atomic mass is 19.1. The van der Waals surface area contributed by atoms with Gasteiger partial charge in [0.25, 0.3) is 0 Å². The molecular formula is C35H30F2N6O3. The second-order valence-corrected chi connectivity index (χ2v) is 12.4. The first kappa shape index (κ1) is 28.4. The van der Waals surface area contributed by atoms with Gasteiger partial charge in [0.05, 0.1) is 23.3 Å². The summed E-state index contributed by atoms with van der Waals surface area (Å²) in [6.45, 7) is 2.95.